The number of halogens is 4. The Hall–Kier alpha value is -0.780. The third-order valence-electron chi connectivity index (χ3n) is 2.41. The fraction of sp³-hybridized carbons (Fsp3) is 0.500. The topological polar surface area (TPSA) is 32.3 Å². The molecule has 0 aromatic heterocycles. The van der Waals surface area contributed by atoms with Crippen molar-refractivity contribution in [2.45, 2.75) is 31.9 Å². The summed E-state index contributed by atoms with van der Waals surface area (Å²) in [5.41, 5.74) is -0.201. The molecule has 1 rings (SSSR count). The number of hydrogen-bond donors (Lipinski definition) is 2. The largest absolute Gasteiger partial charge is 0.382 e. The molecule has 0 fully saturated rings. The van der Waals surface area contributed by atoms with Crippen LogP contribution in [0.2, 0.25) is 5.02 Å². The molecule has 0 heterocycles. The molecule has 0 aliphatic carbocycles. The van der Waals surface area contributed by atoms with E-state index in [9.17, 15) is 18.3 Å². The van der Waals surface area contributed by atoms with E-state index in [1.165, 1.54) is 6.07 Å². The third-order valence-corrected chi connectivity index (χ3v) is 2.71. The average Bonchev–Trinajstić information content (AvgIpc) is 2.29. The summed E-state index contributed by atoms with van der Waals surface area (Å²) in [5, 5.41) is 11.9. The zero-order valence-electron chi connectivity index (χ0n) is 10.1. The van der Waals surface area contributed by atoms with Crippen molar-refractivity contribution in [3.8, 4) is 0 Å². The summed E-state index contributed by atoms with van der Waals surface area (Å²) >= 11 is 5.45. The van der Waals surface area contributed by atoms with Crippen LogP contribution in [0.5, 0.6) is 0 Å². The first-order valence-electron chi connectivity index (χ1n) is 5.48. The molecule has 6 heteroatoms. The Morgan fingerprint density at radius 1 is 1.39 bits per heavy atom. The zero-order chi connectivity index (χ0) is 13.9. The van der Waals surface area contributed by atoms with Gasteiger partial charge in [-0.2, -0.15) is 0 Å². The van der Waals surface area contributed by atoms with E-state index in [-0.39, 0.29) is 16.6 Å². The first-order valence-corrected chi connectivity index (χ1v) is 5.86. The van der Waals surface area contributed by atoms with Crippen LogP contribution in [-0.4, -0.2) is 23.6 Å². The smallest absolute Gasteiger partial charge is 0.289 e. The van der Waals surface area contributed by atoms with Gasteiger partial charge in [0.1, 0.15) is 11.9 Å². The number of aliphatic hydroxyl groups is 1. The van der Waals surface area contributed by atoms with Gasteiger partial charge in [-0.05, 0) is 17.7 Å². The van der Waals surface area contributed by atoms with Crippen molar-refractivity contribution >= 4 is 11.6 Å². The number of nitrogens with one attached hydrogen (secondary N) is 1. The highest BCUT2D eigenvalue weighted by molar-refractivity contribution is 6.30. The minimum Gasteiger partial charge on any atom is -0.382 e. The van der Waals surface area contributed by atoms with Crippen LogP contribution in [-0.2, 0) is 0 Å². The molecule has 0 aliphatic rings. The van der Waals surface area contributed by atoms with E-state index in [4.69, 9.17) is 11.6 Å². The van der Waals surface area contributed by atoms with Crippen LogP contribution in [0, 0.1) is 5.82 Å². The van der Waals surface area contributed by atoms with E-state index in [1.807, 2.05) is 0 Å². The molecule has 1 aromatic rings. The van der Waals surface area contributed by atoms with Gasteiger partial charge in [0.25, 0.3) is 5.92 Å². The van der Waals surface area contributed by atoms with Crippen LogP contribution in [0.15, 0.2) is 18.2 Å². The summed E-state index contributed by atoms with van der Waals surface area (Å²) in [5.74, 6) is -4.22. The predicted octanol–water partition coefficient (Wildman–Crippen LogP) is 3.15. The van der Waals surface area contributed by atoms with Gasteiger partial charge in [0.05, 0.1) is 11.6 Å². The summed E-state index contributed by atoms with van der Waals surface area (Å²) in [6, 6.07) is 3.00. The lowest BCUT2D eigenvalue weighted by Gasteiger charge is -2.24. The van der Waals surface area contributed by atoms with E-state index < -0.39 is 24.4 Å². The Morgan fingerprint density at radius 3 is 2.50 bits per heavy atom. The second-order valence-corrected chi connectivity index (χ2v) is 4.78. The van der Waals surface area contributed by atoms with Crippen LogP contribution in [0.1, 0.15) is 25.5 Å². The maximum atomic E-state index is 13.6. The molecule has 0 saturated carbocycles. The summed E-state index contributed by atoms with van der Waals surface area (Å²) < 4.78 is 40.4. The standard InChI is InChI=1S/C12H15ClF3NO/c1-7(2)17-6-12(15,16)11(18)8-3-4-9(13)10(14)5-8/h3-5,7,11,17-18H,6H2,1-2H3. The zero-order valence-corrected chi connectivity index (χ0v) is 10.8. The van der Waals surface area contributed by atoms with E-state index in [0.717, 1.165) is 12.1 Å². The van der Waals surface area contributed by atoms with Crippen LogP contribution < -0.4 is 5.32 Å². The van der Waals surface area contributed by atoms with Gasteiger partial charge in [0.15, 0.2) is 0 Å². The van der Waals surface area contributed by atoms with Crippen molar-refractivity contribution in [3.63, 3.8) is 0 Å². The molecule has 0 bridgehead atoms. The molecular weight excluding hydrogens is 267 g/mol. The number of alkyl halides is 2. The van der Waals surface area contributed by atoms with Gasteiger partial charge in [0, 0.05) is 6.04 Å². The fourth-order valence-corrected chi connectivity index (χ4v) is 1.48. The van der Waals surface area contributed by atoms with Gasteiger partial charge < -0.3 is 10.4 Å². The number of rotatable bonds is 5. The molecule has 2 nitrogen and oxygen atoms in total. The molecule has 0 saturated heterocycles. The number of benzene rings is 1. The highest BCUT2D eigenvalue weighted by Crippen LogP contribution is 2.32. The van der Waals surface area contributed by atoms with Crippen molar-refractivity contribution in [2.75, 3.05) is 6.54 Å². The third kappa shape index (κ3) is 3.86. The van der Waals surface area contributed by atoms with Crippen LogP contribution in [0.4, 0.5) is 13.2 Å². The van der Waals surface area contributed by atoms with Crippen LogP contribution in [0.25, 0.3) is 0 Å². The van der Waals surface area contributed by atoms with E-state index >= 15 is 0 Å². The van der Waals surface area contributed by atoms with Gasteiger partial charge in [0.2, 0.25) is 0 Å². The summed E-state index contributed by atoms with van der Waals surface area (Å²) in [7, 11) is 0. The highest BCUT2D eigenvalue weighted by Gasteiger charge is 2.39. The highest BCUT2D eigenvalue weighted by atomic mass is 35.5. The Bertz CT molecular complexity index is 412. The molecule has 1 atom stereocenters. The SMILES string of the molecule is CC(C)NCC(F)(F)C(O)c1ccc(Cl)c(F)c1. The van der Waals surface area contributed by atoms with Gasteiger partial charge in [-0.25, -0.2) is 13.2 Å². The molecule has 1 unspecified atom stereocenters. The van der Waals surface area contributed by atoms with Crippen molar-refractivity contribution in [1.29, 1.82) is 0 Å². The molecule has 0 radical (unpaired) electrons. The first-order chi connectivity index (χ1) is 8.24. The quantitative estimate of drug-likeness (QED) is 0.869. The van der Waals surface area contributed by atoms with Crippen molar-refractivity contribution < 1.29 is 18.3 Å². The molecular formula is C12H15ClF3NO. The molecule has 0 aliphatic heterocycles. The molecule has 1 aromatic carbocycles. The Morgan fingerprint density at radius 2 is 2.00 bits per heavy atom. The summed E-state index contributed by atoms with van der Waals surface area (Å²) in [6.07, 6.45) is -2.07. The molecule has 18 heavy (non-hydrogen) atoms. The maximum Gasteiger partial charge on any atom is 0.289 e. The first kappa shape index (κ1) is 15.3. The molecule has 0 spiro atoms. The molecule has 0 amide bonds. The van der Waals surface area contributed by atoms with Crippen molar-refractivity contribution in [1.82, 2.24) is 5.32 Å². The normalized spacial score (nSPS) is 14.0. The monoisotopic (exact) mass is 281 g/mol. The Labute approximate surface area is 109 Å². The van der Waals surface area contributed by atoms with Crippen molar-refractivity contribution in [3.05, 3.63) is 34.6 Å². The lowest BCUT2D eigenvalue weighted by molar-refractivity contribution is -0.109. The minimum absolute atomic E-state index is 0.134. The maximum absolute atomic E-state index is 13.6. The lowest BCUT2D eigenvalue weighted by Crippen LogP contribution is -2.40. The predicted molar refractivity (Wildman–Crippen MR) is 64.5 cm³/mol. The Kier molecular flexibility index (Phi) is 5.01. The van der Waals surface area contributed by atoms with Gasteiger partial charge >= 0.3 is 0 Å². The molecule has 2 N–H and O–H groups in total. The van der Waals surface area contributed by atoms with E-state index in [0.29, 0.717) is 0 Å². The molecule has 102 valence electrons. The van der Waals surface area contributed by atoms with Gasteiger partial charge in [-0.3, -0.25) is 0 Å². The van der Waals surface area contributed by atoms with E-state index in [1.54, 1.807) is 13.8 Å². The number of aliphatic hydroxyl groups excluding tert-OH is 1. The minimum atomic E-state index is -3.38. The second-order valence-electron chi connectivity index (χ2n) is 4.37. The summed E-state index contributed by atoms with van der Waals surface area (Å²) in [6.45, 7) is 2.74. The van der Waals surface area contributed by atoms with Gasteiger partial charge in [-0.1, -0.05) is 31.5 Å². The lowest BCUT2D eigenvalue weighted by atomic mass is 10.0. The number of hydrogen-bond acceptors (Lipinski definition) is 2. The van der Waals surface area contributed by atoms with Gasteiger partial charge in [-0.15, -0.1) is 0 Å². The Balaban J connectivity index is 2.84. The van der Waals surface area contributed by atoms with Crippen LogP contribution >= 0.6 is 11.6 Å². The van der Waals surface area contributed by atoms with Crippen molar-refractivity contribution in [2.24, 2.45) is 0 Å². The van der Waals surface area contributed by atoms with Crippen LogP contribution in [0.3, 0.4) is 0 Å². The fourth-order valence-electron chi connectivity index (χ4n) is 1.36. The van der Waals surface area contributed by atoms with E-state index in [2.05, 4.69) is 5.32 Å². The second kappa shape index (κ2) is 5.91. The average molecular weight is 282 g/mol. The summed E-state index contributed by atoms with van der Waals surface area (Å²) in [4.78, 5) is 0.